The molecule has 12 heavy (non-hydrogen) atoms. The largest absolute Gasteiger partial charge is 0.300 e. The molecular formula is C11H21N. The molecule has 0 aromatic carbocycles. The smallest absolute Gasteiger partial charge is 0.0190 e. The topological polar surface area (TPSA) is 3.24 Å². The number of hydrogen-bond acceptors (Lipinski definition) is 1. The Morgan fingerprint density at radius 3 is 2.75 bits per heavy atom. The maximum atomic E-state index is 4.11. The number of likely N-dealkylation sites (N-methyl/N-ethyl adjacent to an activating group) is 1. The molecule has 0 aromatic rings. The van der Waals surface area contributed by atoms with Crippen LogP contribution in [0.2, 0.25) is 0 Å². The first-order chi connectivity index (χ1) is 5.83. The summed E-state index contributed by atoms with van der Waals surface area (Å²) < 4.78 is 0. The van der Waals surface area contributed by atoms with Gasteiger partial charge in [-0.2, -0.15) is 0 Å². The van der Waals surface area contributed by atoms with Crippen molar-refractivity contribution >= 4 is 0 Å². The number of nitrogens with zero attached hydrogens (tertiary/aromatic N) is 1. The molecule has 1 rings (SSSR count). The van der Waals surface area contributed by atoms with Crippen molar-refractivity contribution in [1.82, 2.24) is 4.90 Å². The van der Waals surface area contributed by atoms with Crippen LogP contribution in [0.1, 0.15) is 39.0 Å². The van der Waals surface area contributed by atoms with Gasteiger partial charge in [0.05, 0.1) is 0 Å². The first-order valence-electron chi connectivity index (χ1n) is 5.22. The second-order valence-electron chi connectivity index (χ2n) is 3.78. The third-order valence-electron chi connectivity index (χ3n) is 2.65. The van der Waals surface area contributed by atoms with Crippen LogP contribution < -0.4 is 0 Å². The molecule has 0 aromatic heterocycles. The lowest BCUT2D eigenvalue weighted by molar-refractivity contribution is 0.307. The molecule has 0 N–H and O–H groups in total. The molecular weight excluding hydrogens is 146 g/mol. The van der Waals surface area contributed by atoms with Gasteiger partial charge in [0, 0.05) is 6.54 Å². The zero-order valence-electron chi connectivity index (χ0n) is 8.31. The van der Waals surface area contributed by atoms with E-state index in [1.165, 1.54) is 50.8 Å². The van der Waals surface area contributed by atoms with E-state index in [0.717, 1.165) is 6.54 Å². The van der Waals surface area contributed by atoms with E-state index >= 15 is 0 Å². The van der Waals surface area contributed by atoms with E-state index in [9.17, 15) is 0 Å². The Bertz CT molecular complexity index is 140. The summed E-state index contributed by atoms with van der Waals surface area (Å²) >= 11 is 0. The fourth-order valence-electron chi connectivity index (χ4n) is 1.81. The van der Waals surface area contributed by atoms with E-state index in [-0.39, 0.29) is 0 Å². The Kier molecular flexibility index (Phi) is 4.37. The molecule has 70 valence electrons. The maximum Gasteiger partial charge on any atom is 0.0190 e. The average Bonchev–Trinajstić information content (AvgIpc) is 2.16. The zero-order valence-corrected chi connectivity index (χ0v) is 8.31. The quantitative estimate of drug-likeness (QED) is 0.543. The van der Waals surface area contributed by atoms with Crippen LogP contribution >= 0.6 is 0 Å². The van der Waals surface area contributed by atoms with Crippen molar-refractivity contribution in [2.45, 2.75) is 39.0 Å². The summed E-state index contributed by atoms with van der Waals surface area (Å²) in [6.45, 7) is 9.94. The maximum absolute atomic E-state index is 4.11. The molecule has 0 bridgehead atoms. The molecule has 1 aliphatic heterocycles. The molecule has 1 fully saturated rings. The summed E-state index contributed by atoms with van der Waals surface area (Å²) in [4.78, 5) is 2.51. The highest BCUT2D eigenvalue weighted by atomic mass is 15.1. The van der Waals surface area contributed by atoms with Crippen molar-refractivity contribution in [2.75, 3.05) is 19.6 Å². The molecule has 1 saturated heterocycles. The fraction of sp³-hybridized carbons (Fsp3) is 0.818. The fourth-order valence-corrected chi connectivity index (χ4v) is 1.81. The summed E-state index contributed by atoms with van der Waals surface area (Å²) in [5.41, 5.74) is 1.43. The van der Waals surface area contributed by atoms with Gasteiger partial charge in [-0.15, -0.1) is 0 Å². The molecule has 1 heteroatoms. The third-order valence-corrected chi connectivity index (χ3v) is 2.65. The molecule has 0 spiro atoms. The van der Waals surface area contributed by atoms with Crippen molar-refractivity contribution in [2.24, 2.45) is 0 Å². The lowest BCUT2D eigenvalue weighted by Gasteiger charge is -2.19. The van der Waals surface area contributed by atoms with Crippen LogP contribution in [0.3, 0.4) is 0 Å². The monoisotopic (exact) mass is 167 g/mol. The van der Waals surface area contributed by atoms with E-state index in [1.54, 1.807) is 0 Å². The molecule has 1 nitrogen and oxygen atoms in total. The summed E-state index contributed by atoms with van der Waals surface area (Å²) in [5.74, 6) is 0. The number of hydrogen-bond donors (Lipinski definition) is 0. The second kappa shape index (κ2) is 5.36. The van der Waals surface area contributed by atoms with Crippen molar-refractivity contribution in [1.29, 1.82) is 0 Å². The summed E-state index contributed by atoms with van der Waals surface area (Å²) in [5, 5.41) is 0. The van der Waals surface area contributed by atoms with Crippen molar-refractivity contribution in [3.63, 3.8) is 0 Å². The van der Waals surface area contributed by atoms with E-state index in [4.69, 9.17) is 0 Å². The minimum absolute atomic E-state index is 1.14. The Labute approximate surface area is 76.5 Å². The van der Waals surface area contributed by atoms with Crippen LogP contribution in [0.15, 0.2) is 12.2 Å². The molecule has 1 heterocycles. The normalized spacial score (nSPS) is 22.9. The van der Waals surface area contributed by atoms with Gasteiger partial charge in [-0.3, -0.25) is 4.90 Å². The highest BCUT2D eigenvalue weighted by molar-refractivity contribution is 4.97. The Morgan fingerprint density at radius 2 is 2.00 bits per heavy atom. The van der Waals surface area contributed by atoms with E-state index in [1.807, 2.05) is 0 Å². The lowest BCUT2D eigenvalue weighted by Crippen LogP contribution is -2.26. The summed E-state index contributed by atoms with van der Waals surface area (Å²) in [7, 11) is 0. The van der Waals surface area contributed by atoms with E-state index in [2.05, 4.69) is 18.4 Å². The lowest BCUT2D eigenvalue weighted by atomic mass is 10.1. The van der Waals surface area contributed by atoms with Crippen LogP contribution in [0.4, 0.5) is 0 Å². The van der Waals surface area contributed by atoms with Crippen LogP contribution in [0.25, 0.3) is 0 Å². The van der Waals surface area contributed by atoms with Gasteiger partial charge in [0.1, 0.15) is 0 Å². The zero-order chi connectivity index (χ0) is 8.81. The average molecular weight is 167 g/mol. The highest BCUT2D eigenvalue weighted by Gasteiger charge is 2.06. The van der Waals surface area contributed by atoms with Crippen LogP contribution in [0, 0.1) is 0 Å². The van der Waals surface area contributed by atoms with Crippen LogP contribution in [-0.2, 0) is 0 Å². The molecule has 0 amide bonds. The minimum Gasteiger partial charge on any atom is -0.300 e. The van der Waals surface area contributed by atoms with Gasteiger partial charge in [0.2, 0.25) is 0 Å². The number of rotatable bonds is 1. The van der Waals surface area contributed by atoms with E-state index in [0.29, 0.717) is 0 Å². The van der Waals surface area contributed by atoms with Crippen molar-refractivity contribution < 1.29 is 0 Å². The molecule has 0 aliphatic carbocycles. The first-order valence-corrected chi connectivity index (χ1v) is 5.22. The highest BCUT2D eigenvalue weighted by Crippen LogP contribution is 2.13. The van der Waals surface area contributed by atoms with Gasteiger partial charge in [-0.25, -0.2) is 0 Å². The van der Waals surface area contributed by atoms with Gasteiger partial charge in [0.25, 0.3) is 0 Å². The minimum atomic E-state index is 1.14. The summed E-state index contributed by atoms with van der Waals surface area (Å²) in [6.07, 6.45) is 6.79. The molecule has 0 unspecified atom stereocenters. The molecule has 0 atom stereocenters. The van der Waals surface area contributed by atoms with Crippen LogP contribution in [0.5, 0.6) is 0 Å². The van der Waals surface area contributed by atoms with Gasteiger partial charge in [0.15, 0.2) is 0 Å². The van der Waals surface area contributed by atoms with Gasteiger partial charge in [-0.1, -0.05) is 31.9 Å². The van der Waals surface area contributed by atoms with Crippen LogP contribution in [-0.4, -0.2) is 24.5 Å². The van der Waals surface area contributed by atoms with Gasteiger partial charge < -0.3 is 0 Å². The van der Waals surface area contributed by atoms with E-state index < -0.39 is 0 Å². The van der Waals surface area contributed by atoms with Crippen molar-refractivity contribution in [3.05, 3.63) is 12.2 Å². The first kappa shape index (κ1) is 9.79. The van der Waals surface area contributed by atoms with Crippen molar-refractivity contribution in [3.8, 4) is 0 Å². The Balaban J connectivity index is 2.37. The molecule has 0 saturated carbocycles. The predicted octanol–water partition coefficient (Wildman–Crippen LogP) is 2.83. The molecule has 1 aliphatic rings. The Morgan fingerprint density at radius 1 is 1.25 bits per heavy atom. The molecule has 0 radical (unpaired) electrons. The third kappa shape index (κ3) is 3.40. The second-order valence-corrected chi connectivity index (χ2v) is 3.78. The van der Waals surface area contributed by atoms with Gasteiger partial charge in [-0.05, 0) is 32.4 Å². The SMILES string of the molecule is C=C1CCCCCCN(CC)C1. The Hall–Kier alpha value is -0.300. The summed E-state index contributed by atoms with van der Waals surface area (Å²) in [6, 6.07) is 0. The van der Waals surface area contributed by atoms with Gasteiger partial charge >= 0.3 is 0 Å². The standard InChI is InChI=1S/C11H21N/c1-3-12-9-7-5-4-6-8-11(2)10-12/h2-10H2,1H3. The predicted molar refractivity (Wildman–Crippen MR) is 54.3 cm³/mol.